The number of hydrogen-bond donors (Lipinski definition) is 0. The zero-order valence-corrected chi connectivity index (χ0v) is 15.6. The molecule has 1 aromatic carbocycles. The van der Waals surface area contributed by atoms with Gasteiger partial charge in [-0.3, -0.25) is 4.68 Å². The fraction of sp³-hybridized carbons (Fsp3) is 0.471. The van der Waals surface area contributed by atoms with E-state index < -0.39 is 0 Å². The summed E-state index contributed by atoms with van der Waals surface area (Å²) in [6, 6.07) is 5.23. The van der Waals surface area contributed by atoms with E-state index in [2.05, 4.69) is 32.8 Å². The van der Waals surface area contributed by atoms with Crippen molar-refractivity contribution in [3.8, 4) is 11.5 Å². The van der Waals surface area contributed by atoms with Crippen LogP contribution in [-0.4, -0.2) is 35.3 Å². The normalized spacial score (nSPS) is 11.3. The van der Waals surface area contributed by atoms with Gasteiger partial charge in [-0.25, -0.2) is 0 Å². The van der Waals surface area contributed by atoms with Crippen molar-refractivity contribution >= 4 is 23.2 Å². The van der Waals surface area contributed by atoms with Crippen molar-refractivity contribution in [2.24, 2.45) is 0 Å². The van der Waals surface area contributed by atoms with Crippen LogP contribution in [0.3, 0.4) is 0 Å². The number of nitrogens with zero attached hydrogens (tertiary/aromatic N) is 3. The summed E-state index contributed by atoms with van der Waals surface area (Å²) in [7, 11) is 4.11. The lowest BCUT2D eigenvalue weighted by Crippen LogP contribution is -2.20. The molecule has 1 heterocycles. The second-order valence-electron chi connectivity index (χ2n) is 5.66. The Hall–Kier alpha value is -1.23. The van der Waals surface area contributed by atoms with Gasteiger partial charge in [0.15, 0.2) is 5.75 Å². The highest BCUT2D eigenvalue weighted by atomic mass is 35.5. The minimum absolute atomic E-state index is 0.559. The predicted octanol–water partition coefficient (Wildman–Crippen LogP) is 4.67. The second kappa shape index (κ2) is 8.04. The van der Waals surface area contributed by atoms with Gasteiger partial charge in [0.05, 0.1) is 12.2 Å². The maximum atomic E-state index is 6.11. The lowest BCUT2D eigenvalue weighted by molar-refractivity contribution is 0.368. The molecule has 0 aliphatic rings. The van der Waals surface area contributed by atoms with Crippen molar-refractivity contribution in [2.75, 3.05) is 20.6 Å². The first-order chi connectivity index (χ1) is 10.9. The Morgan fingerprint density at radius 2 is 1.74 bits per heavy atom. The number of ether oxygens (including phenoxy) is 1. The van der Waals surface area contributed by atoms with Crippen LogP contribution < -0.4 is 4.74 Å². The van der Waals surface area contributed by atoms with E-state index in [9.17, 15) is 0 Å². The van der Waals surface area contributed by atoms with E-state index in [-0.39, 0.29) is 0 Å². The van der Waals surface area contributed by atoms with Gasteiger partial charge < -0.3 is 9.64 Å². The lowest BCUT2D eigenvalue weighted by Gasteiger charge is -2.12. The average Bonchev–Trinajstić information content (AvgIpc) is 2.80. The second-order valence-corrected chi connectivity index (χ2v) is 6.54. The topological polar surface area (TPSA) is 30.3 Å². The number of benzene rings is 1. The summed E-state index contributed by atoms with van der Waals surface area (Å²) in [5.74, 6) is 1.46. The molecule has 0 unspecified atom stereocenters. The molecule has 4 nitrogen and oxygen atoms in total. The molecule has 0 N–H and O–H groups in total. The molecule has 1 aromatic heterocycles. The third kappa shape index (κ3) is 4.63. The Labute approximate surface area is 147 Å². The molecule has 0 saturated carbocycles. The van der Waals surface area contributed by atoms with Gasteiger partial charge in [0, 0.05) is 16.6 Å². The maximum Gasteiger partial charge on any atom is 0.171 e. The zero-order valence-electron chi connectivity index (χ0n) is 14.1. The first-order valence-corrected chi connectivity index (χ1v) is 8.57. The van der Waals surface area contributed by atoms with E-state index in [0.717, 1.165) is 43.1 Å². The van der Waals surface area contributed by atoms with Crippen LogP contribution in [0.4, 0.5) is 0 Å². The number of halogens is 2. The molecule has 0 saturated heterocycles. The van der Waals surface area contributed by atoms with Crippen LogP contribution in [0.1, 0.15) is 25.2 Å². The molecule has 0 spiro atoms. The Morgan fingerprint density at radius 3 is 2.26 bits per heavy atom. The molecule has 0 amide bonds. The molecule has 23 heavy (non-hydrogen) atoms. The minimum Gasteiger partial charge on any atom is -0.453 e. The molecular weight excluding hydrogens is 333 g/mol. The molecule has 0 atom stereocenters. The molecule has 0 radical (unpaired) electrons. The van der Waals surface area contributed by atoms with Crippen LogP contribution in [0.5, 0.6) is 11.5 Å². The van der Waals surface area contributed by atoms with Gasteiger partial charge in [-0.15, -0.1) is 0 Å². The molecule has 126 valence electrons. The Balaban J connectivity index is 2.35. The van der Waals surface area contributed by atoms with E-state index in [1.807, 2.05) is 4.68 Å². The molecule has 0 fully saturated rings. The summed E-state index contributed by atoms with van der Waals surface area (Å²) in [5, 5.41) is 5.83. The van der Waals surface area contributed by atoms with E-state index in [4.69, 9.17) is 33.0 Å². The molecule has 2 rings (SSSR count). The number of rotatable bonds is 7. The van der Waals surface area contributed by atoms with Gasteiger partial charge in [0.1, 0.15) is 11.4 Å². The van der Waals surface area contributed by atoms with Gasteiger partial charge in [-0.05, 0) is 45.1 Å². The molecule has 6 heteroatoms. The zero-order chi connectivity index (χ0) is 17.0. The summed E-state index contributed by atoms with van der Waals surface area (Å²) < 4.78 is 8.15. The van der Waals surface area contributed by atoms with Gasteiger partial charge >= 0.3 is 0 Å². The Bertz CT molecular complexity index is 648. The van der Waals surface area contributed by atoms with Crippen molar-refractivity contribution in [2.45, 2.75) is 33.2 Å². The van der Waals surface area contributed by atoms with Crippen molar-refractivity contribution in [1.29, 1.82) is 0 Å². The van der Waals surface area contributed by atoms with E-state index >= 15 is 0 Å². The summed E-state index contributed by atoms with van der Waals surface area (Å²) in [6.07, 6.45) is 1.66. The highest BCUT2D eigenvalue weighted by Gasteiger charge is 2.18. The monoisotopic (exact) mass is 355 g/mol. The fourth-order valence-corrected chi connectivity index (χ4v) is 2.92. The molecule has 0 aliphatic carbocycles. The van der Waals surface area contributed by atoms with Crippen LogP contribution in [0.2, 0.25) is 10.0 Å². The molecule has 0 aliphatic heterocycles. The first kappa shape index (κ1) is 18.1. The number of hydrogen-bond acceptors (Lipinski definition) is 3. The highest BCUT2D eigenvalue weighted by Crippen LogP contribution is 2.33. The summed E-state index contributed by atoms with van der Waals surface area (Å²) in [5.41, 5.74) is 2.05. The Kier molecular flexibility index (Phi) is 6.33. The standard InChI is InChI=1S/C17H23Cl2N3O/c1-5-15-17(23-14-10-12(18)9-13(19)11-14)16(6-2)22(20-15)8-7-21(3)4/h9-11H,5-8H2,1-4H3. The quantitative estimate of drug-likeness (QED) is 0.722. The maximum absolute atomic E-state index is 6.11. The van der Waals surface area contributed by atoms with Crippen molar-refractivity contribution in [3.63, 3.8) is 0 Å². The van der Waals surface area contributed by atoms with Gasteiger partial charge in [0.2, 0.25) is 0 Å². The third-order valence-electron chi connectivity index (χ3n) is 3.56. The lowest BCUT2D eigenvalue weighted by atomic mass is 10.2. The minimum atomic E-state index is 0.559. The summed E-state index contributed by atoms with van der Waals surface area (Å²) >= 11 is 12.1. The number of likely N-dealkylation sites (N-methyl/N-ethyl adjacent to an activating group) is 1. The van der Waals surface area contributed by atoms with Crippen molar-refractivity contribution in [1.82, 2.24) is 14.7 Å². The van der Waals surface area contributed by atoms with E-state index in [0.29, 0.717) is 15.8 Å². The number of aromatic nitrogens is 2. The van der Waals surface area contributed by atoms with E-state index in [1.54, 1.807) is 18.2 Å². The highest BCUT2D eigenvalue weighted by molar-refractivity contribution is 6.34. The van der Waals surface area contributed by atoms with Crippen LogP contribution in [0.25, 0.3) is 0 Å². The first-order valence-electron chi connectivity index (χ1n) is 7.81. The largest absolute Gasteiger partial charge is 0.453 e. The average molecular weight is 356 g/mol. The summed E-state index contributed by atoms with van der Waals surface area (Å²) in [4.78, 5) is 2.14. The SMILES string of the molecule is CCc1nn(CCN(C)C)c(CC)c1Oc1cc(Cl)cc(Cl)c1. The van der Waals surface area contributed by atoms with Crippen molar-refractivity contribution in [3.05, 3.63) is 39.6 Å². The third-order valence-corrected chi connectivity index (χ3v) is 4.00. The fourth-order valence-electron chi connectivity index (χ4n) is 2.41. The molecular formula is C17H23Cl2N3O. The van der Waals surface area contributed by atoms with Gasteiger partial charge in [0.25, 0.3) is 0 Å². The molecule has 0 bridgehead atoms. The predicted molar refractivity (Wildman–Crippen MR) is 96.1 cm³/mol. The van der Waals surface area contributed by atoms with Crippen LogP contribution in [0.15, 0.2) is 18.2 Å². The van der Waals surface area contributed by atoms with Gasteiger partial charge in [-0.1, -0.05) is 37.0 Å². The van der Waals surface area contributed by atoms with Crippen LogP contribution >= 0.6 is 23.2 Å². The Morgan fingerprint density at radius 1 is 1.09 bits per heavy atom. The van der Waals surface area contributed by atoms with Gasteiger partial charge in [-0.2, -0.15) is 5.10 Å². The van der Waals surface area contributed by atoms with Crippen LogP contribution in [-0.2, 0) is 19.4 Å². The molecule has 2 aromatic rings. The smallest absolute Gasteiger partial charge is 0.171 e. The number of aryl methyl sites for hydroxylation is 1. The summed E-state index contributed by atoms with van der Waals surface area (Å²) in [6.45, 7) is 5.96. The van der Waals surface area contributed by atoms with E-state index in [1.165, 1.54) is 0 Å². The van der Waals surface area contributed by atoms with Crippen molar-refractivity contribution < 1.29 is 4.74 Å². The van der Waals surface area contributed by atoms with Crippen LogP contribution in [0, 0.1) is 0 Å².